The molecule has 1 amide bonds. The number of aromatic nitrogens is 2. The number of nitrogens with zero attached hydrogens (tertiary/aromatic N) is 3. The normalized spacial score (nSPS) is 15.8. The molecule has 6 nitrogen and oxygen atoms in total. The van der Waals surface area contributed by atoms with Gasteiger partial charge in [-0.15, -0.1) is 0 Å². The predicted molar refractivity (Wildman–Crippen MR) is 121 cm³/mol. The summed E-state index contributed by atoms with van der Waals surface area (Å²) in [6, 6.07) is 14.1. The van der Waals surface area contributed by atoms with Crippen LogP contribution >= 0.6 is 0 Å². The van der Waals surface area contributed by atoms with Crippen molar-refractivity contribution in [2.24, 2.45) is 0 Å². The molecule has 4 rings (SSSR count). The highest BCUT2D eigenvalue weighted by Crippen LogP contribution is 2.28. The molecule has 0 aliphatic carbocycles. The van der Waals surface area contributed by atoms with Gasteiger partial charge in [0, 0.05) is 37.4 Å². The fourth-order valence-corrected chi connectivity index (χ4v) is 4.16. The van der Waals surface area contributed by atoms with E-state index < -0.39 is 0 Å². The molecular formula is C25H27FN4O2. The number of carbonyl (C=O) groups excluding carboxylic acids is 1. The molecule has 2 aromatic heterocycles. The maximum Gasteiger partial charge on any atom is 0.228 e. The average Bonchev–Trinajstić information content (AvgIpc) is 3.27. The molecule has 7 heteroatoms. The smallest absolute Gasteiger partial charge is 0.228 e. The van der Waals surface area contributed by atoms with Crippen LogP contribution in [-0.2, 0) is 22.6 Å². The number of anilines is 1. The minimum atomic E-state index is -0.289. The molecule has 1 aliphatic heterocycles. The van der Waals surface area contributed by atoms with Gasteiger partial charge in [-0.3, -0.25) is 14.8 Å². The number of halogens is 1. The summed E-state index contributed by atoms with van der Waals surface area (Å²) in [5, 5.41) is 0. The number of pyridine rings is 2. The zero-order valence-corrected chi connectivity index (χ0v) is 18.3. The lowest BCUT2D eigenvalue weighted by atomic mass is 10.0. The topological polar surface area (TPSA) is 81.3 Å². The number of hydrogen-bond donors (Lipinski definition) is 1. The molecule has 0 saturated carbocycles. The zero-order chi connectivity index (χ0) is 22.7. The number of nitrogen functional groups attached to an aromatic ring is 1. The van der Waals surface area contributed by atoms with Crippen molar-refractivity contribution in [2.45, 2.75) is 32.3 Å². The lowest BCUT2D eigenvalue weighted by Crippen LogP contribution is -2.30. The molecule has 3 aromatic rings. The number of nitrogens with two attached hydrogens (primary N) is 1. The van der Waals surface area contributed by atoms with Crippen molar-refractivity contribution < 1.29 is 13.9 Å². The molecule has 1 aromatic carbocycles. The Labute approximate surface area is 187 Å². The van der Waals surface area contributed by atoms with E-state index in [9.17, 15) is 9.18 Å². The summed E-state index contributed by atoms with van der Waals surface area (Å²) in [7, 11) is 1.65. The first kappa shape index (κ1) is 21.9. The van der Waals surface area contributed by atoms with Gasteiger partial charge in [0.15, 0.2) is 0 Å². The number of aryl methyl sites for hydroxylation is 1. The molecular weight excluding hydrogens is 407 g/mol. The maximum absolute atomic E-state index is 13.5. The molecule has 32 heavy (non-hydrogen) atoms. The van der Waals surface area contributed by atoms with Crippen LogP contribution in [0.15, 0.2) is 48.5 Å². The van der Waals surface area contributed by atoms with E-state index in [0.29, 0.717) is 36.8 Å². The van der Waals surface area contributed by atoms with Gasteiger partial charge in [0.25, 0.3) is 0 Å². The highest BCUT2D eigenvalue weighted by Gasteiger charge is 2.28. The predicted octanol–water partition coefficient (Wildman–Crippen LogP) is 3.88. The number of amides is 1. The van der Waals surface area contributed by atoms with Crippen molar-refractivity contribution in [1.82, 2.24) is 14.9 Å². The number of methoxy groups -OCH3 is 1. The van der Waals surface area contributed by atoms with Crippen LogP contribution in [0.2, 0.25) is 0 Å². The maximum atomic E-state index is 13.5. The van der Waals surface area contributed by atoms with E-state index in [1.165, 1.54) is 12.1 Å². The summed E-state index contributed by atoms with van der Waals surface area (Å²) in [5.41, 5.74) is 11.3. The molecule has 2 N–H and O–H groups in total. The van der Waals surface area contributed by atoms with E-state index in [4.69, 9.17) is 10.5 Å². The first-order chi connectivity index (χ1) is 15.4. The van der Waals surface area contributed by atoms with E-state index in [-0.39, 0.29) is 24.1 Å². The zero-order valence-electron chi connectivity index (χ0n) is 18.3. The third kappa shape index (κ3) is 4.78. The molecule has 1 atom stereocenters. The van der Waals surface area contributed by atoms with E-state index >= 15 is 0 Å². The summed E-state index contributed by atoms with van der Waals surface area (Å²) >= 11 is 0. The van der Waals surface area contributed by atoms with Gasteiger partial charge in [-0.05, 0) is 61.4 Å². The van der Waals surface area contributed by atoms with Crippen LogP contribution in [0.3, 0.4) is 0 Å². The Balaban J connectivity index is 1.47. The Morgan fingerprint density at radius 3 is 2.84 bits per heavy atom. The Hall–Kier alpha value is -3.32. The van der Waals surface area contributed by atoms with Gasteiger partial charge in [0.05, 0.1) is 35.8 Å². The summed E-state index contributed by atoms with van der Waals surface area (Å²) in [6.07, 6.45) is 0.997. The minimum absolute atomic E-state index is 0.00674. The molecule has 1 saturated heterocycles. The van der Waals surface area contributed by atoms with Crippen molar-refractivity contribution in [2.75, 3.05) is 25.9 Å². The Kier molecular flexibility index (Phi) is 6.46. The molecule has 3 heterocycles. The summed E-state index contributed by atoms with van der Waals surface area (Å²) < 4.78 is 18.6. The lowest BCUT2D eigenvalue weighted by Gasteiger charge is -2.17. The monoisotopic (exact) mass is 434 g/mol. The fourth-order valence-electron chi connectivity index (χ4n) is 4.16. The standard InChI is InChI=1S/C25H27FN4O2/c1-16-12-18(26)6-7-20(16)23-9-8-21(27)24(29-23)13-25(31)30-11-10-17(14-30)22-5-3-4-19(28-22)15-32-2/h3-9,12,17H,10-11,13-15,27H2,1-2H3. The van der Waals surface area contributed by atoms with Gasteiger partial charge >= 0.3 is 0 Å². The Morgan fingerprint density at radius 2 is 2.06 bits per heavy atom. The average molecular weight is 435 g/mol. The Morgan fingerprint density at radius 1 is 1.22 bits per heavy atom. The first-order valence-electron chi connectivity index (χ1n) is 10.7. The van der Waals surface area contributed by atoms with Crippen LogP contribution in [0.25, 0.3) is 11.3 Å². The van der Waals surface area contributed by atoms with Crippen molar-refractivity contribution in [3.63, 3.8) is 0 Å². The second-order valence-electron chi connectivity index (χ2n) is 8.18. The van der Waals surface area contributed by atoms with Crippen LogP contribution in [0.1, 0.15) is 35.0 Å². The van der Waals surface area contributed by atoms with Crippen molar-refractivity contribution in [3.05, 3.63) is 77.0 Å². The van der Waals surface area contributed by atoms with Crippen LogP contribution in [-0.4, -0.2) is 41.0 Å². The number of rotatable bonds is 6. The first-order valence-corrected chi connectivity index (χ1v) is 10.7. The van der Waals surface area contributed by atoms with E-state index in [0.717, 1.165) is 28.9 Å². The summed E-state index contributed by atoms with van der Waals surface area (Å²) in [6.45, 7) is 3.61. The van der Waals surface area contributed by atoms with Gasteiger partial charge in [-0.1, -0.05) is 6.07 Å². The van der Waals surface area contributed by atoms with Gasteiger partial charge in [-0.2, -0.15) is 0 Å². The van der Waals surface area contributed by atoms with E-state index in [2.05, 4.69) is 9.97 Å². The third-order valence-corrected chi connectivity index (χ3v) is 5.87. The largest absolute Gasteiger partial charge is 0.397 e. The highest BCUT2D eigenvalue weighted by molar-refractivity contribution is 5.80. The minimum Gasteiger partial charge on any atom is -0.397 e. The van der Waals surface area contributed by atoms with Gasteiger partial charge in [0.1, 0.15) is 5.82 Å². The summed E-state index contributed by atoms with van der Waals surface area (Å²) in [4.78, 5) is 24.2. The Bertz CT molecular complexity index is 1130. The fraction of sp³-hybridized carbons (Fsp3) is 0.320. The second-order valence-corrected chi connectivity index (χ2v) is 8.18. The van der Waals surface area contributed by atoms with Crippen LogP contribution in [0, 0.1) is 12.7 Å². The highest BCUT2D eigenvalue weighted by atomic mass is 19.1. The second kappa shape index (κ2) is 9.44. The van der Waals surface area contributed by atoms with Gasteiger partial charge < -0.3 is 15.4 Å². The quantitative estimate of drug-likeness (QED) is 0.637. The molecule has 1 fully saturated rings. The number of hydrogen-bond acceptors (Lipinski definition) is 5. The van der Waals surface area contributed by atoms with E-state index in [1.54, 1.807) is 25.3 Å². The van der Waals surface area contributed by atoms with Crippen molar-refractivity contribution in [3.8, 4) is 11.3 Å². The molecule has 0 bridgehead atoms. The third-order valence-electron chi connectivity index (χ3n) is 5.87. The van der Waals surface area contributed by atoms with Crippen molar-refractivity contribution in [1.29, 1.82) is 0 Å². The number of likely N-dealkylation sites (tertiary alicyclic amines) is 1. The van der Waals surface area contributed by atoms with Gasteiger partial charge in [-0.25, -0.2) is 4.39 Å². The van der Waals surface area contributed by atoms with Crippen LogP contribution in [0.4, 0.5) is 10.1 Å². The molecule has 0 radical (unpaired) electrons. The van der Waals surface area contributed by atoms with Crippen LogP contribution in [0.5, 0.6) is 0 Å². The van der Waals surface area contributed by atoms with Gasteiger partial charge in [0.2, 0.25) is 5.91 Å². The number of carbonyl (C=O) groups is 1. The van der Waals surface area contributed by atoms with Crippen molar-refractivity contribution >= 4 is 11.6 Å². The molecule has 1 aliphatic rings. The summed E-state index contributed by atoms with van der Waals surface area (Å²) in [5.74, 6) is -0.0927. The number of benzene rings is 1. The SMILES string of the molecule is COCc1cccc(C2CCN(C(=O)Cc3nc(-c4ccc(F)cc4C)ccc3N)C2)n1. The molecule has 0 spiro atoms. The number of ether oxygens (including phenoxy) is 1. The van der Waals surface area contributed by atoms with Crippen LogP contribution < -0.4 is 5.73 Å². The van der Waals surface area contributed by atoms with E-state index in [1.807, 2.05) is 30.0 Å². The molecule has 1 unspecified atom stereocenters. The lowest BCUT2D eigenvalue weighted by molar-refractivity contribution is -0.129. The molecule has 166 valence electrons.